The van der Waals surface area contributed by atoms with Crippen LogP contribution in [0.2, 0.25) is 0 Å². The number of hydrogen-bond acceptors (Lipinski definition) is 3. The second-order valence-corrected chi connectivity index (χ2v) is 8.59. The number of ether oxygens (including phenoxy) is 1. The summed E-state index contributed by atoms with van der Waals surface area (Å²) in [6.07, 6.45) is 4.78. The molecule has 0 spiro atoms. The highest BCUT2D eigenvalue weighted by atomic mass is 16.5. The van der Waals surface area contributed by atoms with Gasteiger partial charge >= 0.3 is 0 Å². The first-order chi connectivity index (χ1) is 12.4. The smallest absolute Gasteiger partial charge is 0.271 e. The predicted molar refractivity (Wildman–Crippen MR) is 100 cm³/mol. The van der Waals surface area contributed by atoms with Crippen LogP contribution in [0.25, 0.3) is 0 Å². The monoisotopic (exact) mass is 353 g/mol. The Hall–Kier alpha value is -2.30. The Kier molecular flexibility index (Phi) is 4.25. The molecule has 1 aromatic carbocycles. The first-order valence-corrected chi connectivity index (χ1v) is 9.48. The minimum atomic E-state index is -0.104. The molecule has 1 N–H and O–H groups in total. The second-order valence-electron chi connectivity index (χ2n) is 8.59. The van der Waals surface area contributed by atoms with Gasteiger partial charge < -0.3 is 14.6 Å². The summed E-state index contributed by atoms with van der Waals surface area (Å²) in [5.74, 6) is 2.46. The molecule has 0 aliphatic carbocycles. The van der Waals surface area contributed by atoms with E-state index >= 15 is 0 Å². The largest absolute Gasteiger partial charge is 0.491 e. The zero-order valence-corrected chi connectivity index (χ0v) is 15.8. The number of fused-ring (bicyclic) bond motifs is 2. The Morgan fingerprint density at radius 1 is 1.31 bits per heavy atom. The topological polar surface area (TPSA) is 56.1 Å². The lowest BCUT2D eigenvalue weighted by atomic mass is 9.77. The molecule has 0 radical (unpaired) electrons. The maximum Gasteiger partial charge on any atom is 0.271 e. The molecular formula is C21H27N3O2. The van der Waals surface area contributed by atoms with E-state index in [2.05, 4.69) is 41.7 Å². The molecule has 5 nitrogen and oxygen atoms in total. The summed E-state index contributed by atoms with van der Waals surface area (Å²) in [7, 11) is 0. The van der Waals surface area contributed by atoms with Gasteiger partial charge in [-0.05, 0) is 35.8 Å². The molecule has 2 aliphatic rings. The third-order valence-electron chi connectivity index (χ3n) is 5.66. The quantitative estimate of drug-likeness (QED) is 0.902. The molecule has 5 heteroatoms. The Balaban J connectivity index is 1.43. The molecule has 0 saturated carbocycles. The third kappa shape index (κ3) is 3.35. The fourth-order valence-corrected chi connectivity index (χ4v) is 3.94. The van der Waals surface area contributed by atoms with E-state index in [1.165, 1.54) is 0 Å². The van der Waals surface area contributed by atoms with Gasteiger partial charge in [-0.3, -0.25) is 4.79 Å². The molecule has 0 bridgehead atoms. The molecule has 2 atom stereocenters. The van der Waals surface area contributed by atoms with Crippen LogP contribution in [0.1, 0.15) is 49.1 Å². The molecule has 0 saturated heterocycles. The summed E-state index contributed by atoms with van der Waals surface area (Å²) in [6.45, 7) is 8.30. The highest BCUT2D eigenvalue weighted by Gasteiger charge is 2.30. The van der Waals surface area contributed by atoms with Crippen molar-refractivity contribution in [2.75, 3.05) is 6.61 Å². The van der Waals surface area contributed by atoms with Crippen LogP contribution in [0.4, 0.5) is 0 Å². The molecular weight excluding hydrogens is 326 g/mol. The van der Waals surface area contributed by atoms with Crippen molar-refractivity contribution < 1.29 is 9.53 Å². The first-order valence-electron chi connectivity index (χ1n) is 9.48. The van der Waals surface area contributed by atoms with E-state index in [4.69, 9.17) is 4.74 Å². The summed E-state index contributed by atoms with van der Waals surface area (Å²) in [5.41, 5.74) is 1.94. The van der Waals surface area contributed by atoms with E-state index in [9.17, 15) is 4.79 Å². The number of aryl methyl sites for hydroxylation is 1. The van der Waals surface area contributed by atoms with Gasteiger partial charge in [0.1, 0.15) is 23.9 Å². The van der Waals surface area contributed by atoms with Crippen molar-refractivity contribution in [3.63, 3.8) is 0 Å². The lowest BCUT2D eigenvalue weighted by molar-refractivity contribution is 0.0910. The Morgan fingerprint density at radius 3 is 2.92 bits per heavy atom. The minimum absolute atomic E-state index is 0.0153. The zero-order chi connectivity index (χ0) is 18.3. The molecule has 2 aromatic rings. The number of aromatic nitrogens is 2. The fourth-order valence-electron chi connectivity index (χ4n) is 3.94. The van der Waals surface area contributed by atoms with Gasteiger partial charge in [0.15, 0.2) is 0 Å². The number of nitrogens with zero attached hydrogens (tertiary/aromatic N) is 2. The number of nitrogens with one attached hydrogen (secondary N) is 1. The van der Waals surface area contributed by atoms with Crippen LogP contribution in [0.5, 0.6) is 5.75 Å². The van der Waals surface area contributed by atoms with E-state index in [-0.39, 0.29) is 17.4 Å². The van der Waals surface area contributed by atoms with Crippen LogP contribution in [0.15, 0.2) is 30.5 Å². The standard InChI is InChI=1S/C21H27N3O2/c1-21(2,3)15-8-9-19-23-17(12-24(19)11-15)20(25)22-16-10-14-6-4-5-7-18(14)26-13-16/h4-7,12,15-16H,8-11,13H2,1-3H3,(H,22,25)/t15?,16-/m1/s1. The van der Waals surface area contributed by atoms with Crippen LogP contribution in [-0.2, 0) is 19.4 Å². The van der Waals surface area contributed by atoms with Crippen molar-refractivity contribution in [3.05, 3.63) is 47.5 Å². The summed E-state index contributed by atoms with van der Waals surface area (Å²) in [4.78, 5) is 17.3. The van der Waals surface area contributed by atoms with Gasteiger partial charge in [0.2, 0.25) is 0 Å². The fraction of sp³-hybridized carbons (Fsp3) is 0.524. The van der Waals surface area contributed by atoms with Crippen LogP contribution in [0.3, 0.4) is 0 Å². The van der Waals surface area contributed by atoms with Crippen molar-refractivity contribution in [2.24, 2.45) is 11.3 Å². The van der Waals surface area contributed by atoms with Gasteiger partial charge in [-0.15, -0.1) is 0 Å². The average Bonchev–Trinajstić information content (AvgIpc) is 3.04. The first kappa shape index (κ1) is 17.1. The molecule has 138 valence electrons. The number of carbonyl (C=O) groups excluding carboxylic acids is 1. The lowest BCUT2D eigenvalue weighted by Crippen LogP contribution is -2.42. The van der Waals surface area contributed by atoms with Gasteiger partial charge in [0.25, 0.3) is 5.91 Å². The number of imidazole rings is 1. The number of para-hydroxylation sites is 1. The highest BCUT2D eigenvalue weighted by Crippen LogP contribution is 2.34. The van der Waals surface area contributed by atoms with Gasteiger partial charge in [0, 0.05) is 19.2 Å². The van der Waals surface area contributed by atoms with E-state index in [1.54, 1.807) is 0 Å². The Bertz CT molecular complexity index is 819. The van der Waals surface area contributed by atoms with Crippen LogP contribution in [0, 0.1) is 11.3 Å². The molecule has 0 fully saturated rings. The molecule has 1 amide bonds. The normalized spacial score (nSPS) is 22.1. The van der Waals surface area contributed by atoms with Crippen LogP contribution < -0.4 is 10.1 Å². The van der Waals surface area contributed by atoms with E-state index < -0.39 is 0 Å². The lowest BCUT2D eigenvalue weighted by Gasteiger charge is -2.34. The third-order valence-corrected chi connectivity index (χ3v) is 5.66. The Morgan fingerprint density at radius 2 is 2.12 bits per heavy atom. The number of amides is 1. The molecule has 26 heavy (non-hydrogen) atoms. The summed E-state index contributed by atoms with van der Waals surface area (Å²) >= 11 is 0. The molecule has 1 aromatic heterocycles. The van der Waals surface area contributed by atoms with E-state index in [1.807, 2.05) is 24.4 Å². The predicted octanol–water partition coefficient (Wildman–Crippen LogP) is 3.23. The van der Waals surface area contributed by atoms with Crippen molar-refractivity contribution in [3.8, 4) is 5.75 Å². The maximum atomic E-state index is 12.7. The van der Waals surface area contributed by atoms with Crippen LogP contribution >= 0.6 is 0 Å². The SMILES string of the molecule is CC(C)(C)C1CCc2nc(C(=O)N[C@H]3COc4ccccc4C3)cn2C1. The van der Waals surface area contributed by atoms with Gasteiger partial charge in [0.05, 0.1) is 6.04 Å². The molecule has 1 unspecified atom stereocenters. The van der Waals surface area contributed by atoms with Crippen molar-refractivity contribution >= 4 is 5.91 Å². The second kappa shape index (κ2) is 6.45. The summed E-state index contributed by atoms with van der Waals surface area (Å²) in [5, 5.41) is 3.09. The van der Waals surface area contributed by atoms with Gasteiger partial charge in [-0.2, -0.15) is 0 Å². The van der Waals surface area contributed by atoms with E-state index in [0.717, 1.165) is 42.9 Å². The molecule has 2 aliphatic heterocycles. The minimum Gasteiger partial charge on any atom is -0.491 e. The average molecular weight is 353 g/mol. The maximum absolute atomic E-state index is 12.7. The Labute approximate surface area is 154 Å². The summed E-state index contributed by atoms with van der Waals surface area (Å²) < 4.78 is 7.93. The van der Waals surface area contributed by atoms with Crippen molar-refractivity contribution in [1.82, 2.24) is 14.9 Å². The van der Waals surface area contributed by atoms with Crippen molar-refractivity contribution in [2.45, 2.75) is 52.6 Å². The summed E-state index contributed by atoms with van der Waals surface area (Å²) in [6, 6.07) is 7.98. The molecule has 4 rings (SSSR count). The van der Waals surface area contributed by atoms with Gasteiger partial charge in [-0.25, -0.2) is 4.98 Å². The van der Waals surface area contributed by atoms with E-state index in [0.29, 0.717) is 18.2 Å². The van der Waals surface area contributed by atoms with Crippen LogP contribution in [-0.4, -0.2) is 28.1 Å². The number of benzene rings is 1. The van der Waals surface area contributed by atoms with Gasteiger partial charge in [-0.1, -0.05) is 39.0 Å². The number of carbonyl (C=O) groups is 1. The number of hydrogen-bond donors (Lipinski definition) is 1. The number of rotatable bonds is 2. The zero-order valence-electron chi connectivity index (χ0n) is 15.8. The molecule has 3 heterocycles. The van der Waals surface area contributed by atoms with Crippen molar-refractivity contribution in [1.29, 1.82) is 0 Å². The highest BCUT2D eigenvalue weighted by molar-refractivity contribution is 5.92.